The normalized spacial score (nSPS) is 23.5. The molecule has 15 heavy (non-hydrogen) atoms. The molecule has 2 aliphatic rings. The van der Waals surface area contributed by atoms with Gasteiger partial charge >= 0.3 is 0 Å². The maximum Gasteiger partial charge on any atom is 0.0196 e. The summed E-state index contributed by atoms with van der Waals surface area (Å²) in [5.74, 6) is 0.854. The summed E-state index contributed by atoms with van der Waals surface area (Å²) in [6.07, 6.45) is 7.67. The number of benzene rings is 1. The SMILES string of the molecule is NC1(Cc2ccc(C3CCC3)cc2)CC1. The van der Waals surface area contributed by atoms with Gasteiger partial charge in [-0.05, 0) is 49.1 Å². The minimum atomic E-state index is 0.151. The van der Waals surface area contributed by atoms with E-state index in [0.29, 0.717) is 0 Å². The Kier molecular flexibility index (Phi) is 2.10. The Morgan fingerprint density at radius 3 is 2.27 bits per heavy atom. The van der Waals surface area contributed by atoms with Gasteiger partial charge in [-0.25, -0.2) is 0 Å². The summed E-state index contributed by atoms with van der Waals surface area (Å²) >= 11 is 0. The smallest absolute Gasteiger partial charge is 0.0196 e. The van der Waals surface area contributed by atoms with Gasteiger partial charge < -0.3 is 5.73 Å². The van der Waals surface area contributed by atoms with Crippen molar-refractivity contribution in [1.82, 2.24) is 0 Å². The first-order valence-electron chi connectivity index (χ1n) is 6.13. The highest BCUT2D eigenvalue weighted by atomic mass is 14.8. The van der Waals surface area contributed by atoms with Gasteiger partial charge in [0.2, 0.25) is 0 Å². The maximum atomic E-state index is 6.11. The minimum Gasteiger partial charge on any atom is -0.325 e. The topological polar surface area (TPSA) is 26.0 Å². The molecule has 2 saturated carbocycles. The lowest BCUT2D eigenvalue weighted by Gasteiger charge is -2.25. The van der Waals surface area contributed by atoms with Crippen molar-refractivity contribution in [2.24, 2.45) is 5.73 Å². The third-order valence-electron chi connectivity index (χ3n) is 4.00. The highest BCUT2D eigenvalue weighted by Gasteiger charge is 2.37. The molecule has 0 radical (unpaired) electrons. The summed E-state index contributed by atoms with van der Waals surface area (Å²) in [4.78, 5) is 0. The Hall–Kier alpha value is -0.820. The van der Waals surface area contributed by atoms with Gasteiger partial charge in [-0.2, -0.15) is 0 Å². The van der Waals surface area contributed by atoms with E-state index in [4.69, 9.17) is 5.73 Å². The zero-order valence-electron chi connectivity index (χ0n) is 9.21. The van der Waals surface area contributed by atoms with Crippen molar-refractivity contribution in [2.45, 2.75) is 50.0 Å². The van der Waals surface area contributed by atoms with Crippen molar-refractivity contribution < 1.29 is 0 Å². The maximum absolute atomic E-state index is 6.11. The van der Waals surface area contributed by atoms with Crippen LogP contribution in [-0.4, -0.2) is 5.54 Å². The van der Waals surface area contributed by atoms with Crippen molar-refractivity contribution in [1.29, 1.82) is 0 Å². The van der Waals surface area contributed by atoms with Gasteiger partial charge in [0.05, 0.1) is 0 Å². The summed E-state index contributed by atoms with van der Waals surface area (Å²) in [5.41, 5.74) is 9.21. The summed E-state index contributed by atoms with van der Waals surface area (Å²) in [7, 11) is 0. The van der Waals surface area contributed by atoms with Crippen molar-refractivity contribution in [2.75, 3.05) is 0 Å². The summed E-state index contributed by atoms with van der Waals surface area (Å²) in [6, 6.07) is 9.18. The Balaban J connectivity index is 1.69. The summed E-state index contributed by atoms with van der Waals surface area (Å²) < 4.78 is 0. The van der Waals surface area contributed by atoms with Gasteiger partial charge in [0, 0.05) is 5.54 Å². The van der Waals surface area contributed by atoms with Crippen LogP contribution < -0.4 is 5.73 Å². The Morgan fingerprint density at radius 2 is 1.80 bits per heavy atom. The highest BCUT2D eigenvalue weighted by molar-refractivity contribution is 5.28. The first-order chi connectivity index (χ1) is 7.25. The molecule has 80 valence electrons. The molecule has 2 fully saturated rings. The Labute approximate surface area is 91.7 Å². The van der Waals surface area contributed by atoms with Gasteiger partial charge in [0.15, 0.2) is 0 Å². The van der Waals surface area contributed by atoms with Crippen molar-refractivity contribution in [3.63, 3.8) is 0 Å². The molecule has 3 rings (SSSR count). The molecule has 0 unspecified atom stereocenters. The van der Waals surface area contributed by atoms with Crippen LogP contribution in [0, 0.1) is 0 Å². The molecule has 2 aliphatic carbocycles. The third-order valence-corrected chi connectivity index (χ3v) is 4.00. The molecule has 0 spiro atoms. The van der Waals surface area contributed by atoms with E-state index >= 15 is 0 Å². The van der Waals surface area contributed by atoms with Crippen molar-refractivity contribution in [3.8, 4) is 0 Å². The van der Waals surface area contributed by atoms with E-state index in [0.717, 1.165) is 12.3 Å². The molecule has 0 heterocycles. The fourth-order valence-electron chi connectivity index (χ4n) is 2.39. The molecule has 1 aromatic rings. The third kappa shape index (κ3) is 1.93. The minimum absolute atomic E-state index is 0.151. The lowest BCUT2D eigenvalue weighted by Crippen LogP contribution is -2.24. The molecular weight excluding hydrogens is 182 g/mol. The van der Waals surface area contributed by atoms with E-state index in [1.807, 2.05) is 0 Å². The molecule has 0 aromatic heterocycles. The second-order valence-corrected chi connectivity index (χ2v) is 5.41. The van der Waals surface area contributed by atoms with E-state index in [2.05, 4.69) is 24.3 Å². The van der Waals surface area contributed by atoms with E-state index in [1.165, 1.54) is 43.2 Å². The van der Waals surface area contributed by atoms with Crippen LogP contribution in [0.25, 0.3) is 0 Å². The molecule has 0 amide bonds. The zero-order valence-corrected chi connectivity index (χ0v) is 9.21. The van der Waals surface area contributed by atoms with Crippen LogP contribution in [-0.2, 0) is 6.42 Å². The summed E-state index contributed by atoms with van der Waals surface area (Å²) in [6.45, 7) is 0. The number of nitrogens with two attached hydrogens (primary N) is 1. The van der Waals surface area contributed by atoms with Crippen molar-refractivity contribution >= 4 is 0 Å². The average Bonchev–Trinajstić information content (AvgIpc) is 2.84. The molecule has 0 bridgehead atoms. The fourth-order valence-corrected chi connectivity index (χ4v) is 2.39. The van der Waals surface area contributed by atoms with Crippen LogP contribution in [0.4, 0.5) is 0 Å². The Bertz CT molecular complexity index is 344. The molecule has 2 N–H and O–H groups in total. The van der Waals surface area contributed by atoms with Gasteiger partial charge in [0.25, 0.3) is 0 Å². The predicted molar refractivity (Wildman–Crippen MR) is 62.9 cm³/mol. The molecule has 0 aliphatic heterocycles. The number of hydrogen-bond acceptors (Lipinski definition) is 1. The lowest BCUT2D eigenvalue weighted by molar-refractivity contribution is 0.419. The molecular formula is C14H19N. The lowest BCUT2D eigenvalue weighted by atomic mass is 9.80. The van der Waals surface area contributed by atoms with Crippen LogP contribution in [0.3, 0.4) is 0 Å². The first kappa shape index (κ1) is 9.41. The van der Waals surface area contributed by atoms with Crippen LogP contribution in [0.2, 0.25) is 0 Å². The largest absolute Gasteiger partial charge is 0.325 e. The molecule has 0 saturated heterocycles. The van der Waals surface area contributed by atoms with Crippen molar-refractivity contribution in [3.05, 3.63) is 35.4 Å². The summed E-state index contributed by atoms with van der Waals surface area (Å²) in [5, 5.41) is 0. The first-order valence-corrected chi connectivity index (χ1v) is 6.13. The average molecular weight is 201 g/mol. The van der Waals surface area contributed by atoms with E-state index in [9.17, 15) is 0 Å². The second kappa shape index (κ2) is 3.34. The van der Waals surface area contributed by atoms with E-state index in [-0.39, 0.29) is 5.54 Å². The van der Waals surface area contributed by atoms with Crippen LogP contribution in [0.1, 0.15) is 49.1 Å². The molecule has 1 heteroatoms. The van der Waals surface area contributed by atoms with Gasteiger partial charge in [-0.3, -0.25) is 0 Å². The molecule has 1 nitrogen and oxygen atoms in total. The van der Waals surface area contributed by atoms with Crippen LogP contribution in [0.5, 0.6) is 0 Å². The molecule has 1 aromatic carbocycles. The zero-order chi connectivity index (χ0) is 10.3. The van der Waals surface area contributed by atoms with Gasteiger partial charge in [-0.15, -0.1) is 0 Å². The standard InChI is InChI=1S/C14H19N/c15-14(8-9-14)10-11-4-6-13(7-5-11)12-2-1-3-12/h4-7,12H,1-3,8-10,15H2. The van der Waals surface area contributed by atoms with Crippen LogP contribution >= 0.6 is 0 Å². The number of hydrogen-bond donors (Lipinski definition) is 1. The number of rotatable bonds is 3. The van der Waals surface area contributed by atoms with Crippen LogP contribution in [0.15, 0.2) is 24.3 Å². The van der Waals surface area contributed by atoms with Gasteiger partial charge in [-0.1, -0.05) is 30.7 Å². The monoisotopic (exact) mass is 201 g/mol. The highest BCUT2D eigenvalue weighted by Crippen LogP contribution is 2.38. The quantitative estimate of drug-likeness (QED) is 0.799. The molecule has 0 atom stereocenters. The predicted octanol–water partition coefficient (Wildman–Crippen LogP) is 2.99. The Morgan fingerprint density at radius 1 is 1.13 bits per heavy atom. The van der Waals surface area contributed by atoms with E-state index < -0.39 is 0 Å². The van der Waals surface area contributed by atoms with Gasteiger partial charge in [0.1, 0.15) is 0 Å². The van der Waals surface area contributed by atoms with E-state index in [1.54, 1.807) is 0 Å². The second-order valence-electron chi connectivity index (χ2n) is 5.41. The fraction of sp³-hybridized carbons (Fsp3) is 0.571.